The number of carboxylic acid groups (broad SMARTS) is 1. The van der Waals surface area contributed by atoms with Gasteiger partial charge in [-0.25, -0.2) is 4.79 Å². The topological polar surface area (TPSA) is 70.5 Å². The van der Waals surface area contributed by atoms with Crippen molar-refractivity contribution in [2.24, 2.45) is 0 Å². The summed E-state index contributed by atoms with van der Waals surface area (Å²) in [4.78, 5) is 29.2. The second kappa shape index (κ2) is 4.77. The van der Waals surface area contributed by atoms with Gasteiger partial charge in [0.1, 0.15) is 5.69 Å². The maximum Gasteiger partial charge on any atom is 0.338 e. The number of carbonyl (C=O) groups excluding carboxylic acids is 1. The van der Waals surface area contributed by atoms with Crippen molar-refractivity contribution < 1.29 is 14.7 Å². The highest BCUT2D eigenvalue weighted by Crippen LogP contribution is 2.28. The van der Waals surface area contributed by atoms with E-state index < -0.39 is 5.97 Å². The number of anilines is 1. The number of para-hydroxylation sites is 1. The van der Waals surface area contributed by atoms with Crippen molar-refractivity contribution in [2.75, 3.05) is 11.4 Å². The molecule has 0 atom stereocenters. The van der Waals surface area contributed by atoms with Crippen LogP contribution >= 0.6 is 0 Å². The first-order valence-electron chi connectivity index (χ1n) is 6.26. The maximum atomic E-state index is 12.5. The van der Waals surface area contributed by atoms with Crippen LogP contribution in [-0.4, -0.2) is 28.5 Å². The summed E-state index contributed by atoms with van der Waals surface area (Å²) in [6.07, 6.45) is 2.21. The summed E-state index contributed by atoms with van der Waals surface area (Å²) < 4.78 is 0. The summed E-state index contributed by atoms with van der Waals surface area (Å²) in [6, 6.07) is 10.5. The molecule has 3 rings (SSSR count). The zero-order valence-corrected chi connectivity index (χ0v) is 10.6. The molecule has 0 fully saturated rings. The molecule has 0 unspecified atom stereocenters. The van der Waals surface area contributed by atoms with E-state index >= 15 is 0 Å². The van der Waals surface area contributed by atoms with Gasteiger partial charge in [0.2, 0.25) is 0 Å². The number of hydrogen-bond acceptors (Lipinski definition) is 3. The molecule has 100 valence electrons. The molecular formula is C15H12N2O3. The number of aromatic nitrogens is 1. The number of carbonyl (C=O) groups is 2. The molecule has 20 heavy (non-hydrogen) atoms. The normalized spacial score (nSPS) is 13.1. The lowest BCUT2D eigenvalue weighted by Gasteiger charge is -2.17. The average Bonchev–Trinajstić information content (AvgIpc) is 2.90. The van der Waals surface area contributed by atoms with Crippen LogP contribution < -0.4 is 4.90 Å². The van der Waals surface area contributed by atoms with E-state index in [0.29, 0.717) is 6.54 Å². The van der Waals surface area contributed by atoms with Crippen molar-refractivity contribution in [1.29, 1.82) is 0 Å². The molecule has 1 amide bonds. The van der Waals surface area contributed by atoms with Crippen molar-refractivity contribution in [1.82, 2.24) is 4.98 Å². The standard InChI is InChI=1S/C15H12N2O3/c18-14(13-11(15(19)20)5-3-8-16-13)17-9-7-10-4-1-2-6-12(10)17/h1-6,8H,7,9H2,(H,19,20). The smallest absolute Gasteiger partial charge is 0.338 e. The number of hydrogen-bond donors (Lipinski definition) is 1. The van der Waals surface area contributed by atoms with E-state index in [0.717, 1.165) is 17.7 Å². The Hall–Kier alpha value is -2.69. The Labute approximate surface area is 115 Å². The first-order chi connectivity index (χ1) is 9.68. The summed E-state index contributed by atoms with van der Waals surface area (Å²) >= 11 is 0. The highest BCUT2D eigenvalue weighted by molar-refractivity contribution is 6.11. The van der Waals surface area contributed by atoms with Gasteiger partial charge in [0, 0.05) is 18.4 Å². The molecule has 0 bridgehead atoms. The highest BCUT2D eigenvalue weighted by atomic mass is 16.4. The van der Waals surface area contributed by atoms with Gasteiger partial charge >= 0.3 is 5.97 Å². The molecule has 1 aliphatic heterocycles. The van der Waals surface area contributed by atoms with Gasteiger partial charge in [-0.05, 0) is 30.2 Å². The number of rotatable bonds is 2. The van der Waals surface area contributed by atoms with Crippen LogP contribution in [0.1, 0.15) is 26.4 Å². The Balaban J connectivity index is 2.01. The van der Waals surface area contributed by atoms with Crippen molar-refractivity contribution in [2.45, 2.75) is 6.42 Å². The van der Waals surface area contributed by atoms with Gasteiger partial charge in [-0.15, -0.1) is 0 Å². The largest absolute Gasteiger partial charge is 0.478 e. The fraction of sp³-hybridized carbons (Fsp3) is 0.133. The summed E-state index contributed by atoms with van der Waals surface area (Å²) in [5.74, 6) is -1.51. The Morgan fingerprint density at radius 2 is 1.95 bits per heavy atom. The predicted molar refractivity (Wildman–Crippen MR) is 73.0 cm³/mol. The molecule has 0 aliphatic carbocycles. The maximum absolute atomic E-state index is 12.5. The van der Waals surface area contributed by atoms with Crippen LogP contribution in [0, 0.1) is 0 Å². The minimum atomic E-state index is -1.14. The van der Waals surface area contributed by atoms with Gasteiger partial charge in [0.15, 0.2) is 0 Å². The number of pyridine rings is 1. The molecule has 1 N–H and O–H groups in total. The van der Waals surface area contributed by atoms with E-state index in [1.54, 1.807) is 4.90 Å². The van der Waals surface area contributed by atoms with Gasteiger partial charge < -0.3 is 10.0 Å². The van der Waals surface area contributed by atoms with E-state index in [-0.39, 0.29) is 17.2 Å². The number of nitrogens with zero attached hydrogens (tertiary/aromatic N) is 2. The lowest BCUT2D eigenvalue weighted by Crippen LogP contribution is -2.31. The van der Waals surface area contributed by atoms with Gasteiger partial charge in [0.25, 0.3) is 5.91 Å². The second-order valence-corrected chi connectivity index (χ2v) is 4.54. The Kier molecular flexibility index (Phi) is 2.95. The number of amides is 1. The van der Waals surface area contributed by atoms with Crippen LogP contribution in [0.4, 0.5) is 5.69 Å². The molecule has 5 heteroatoms. The summed E-state index contributed by atoms with van der Waals surface area (Å²) in [5.41, 5.74) is 1.84. The van der Waals surface area contributed by atoms with E-state index in [9.17, 15) is 9.59 Å². The van der Waals surface area contributed by atoms with Crippen LogP contribution in [-0.2, 0) is 6.42 Å². The third-order valence-electron chi connectivity index (χ3n) is 3.37. The van der Waals surface area contributed by atoms with Gasteiger partial charge in [-0.1, -0.05) is 18.2 Å². The lowest BCUT2D eigenvalue weighted by molar-refractivity contribution is 0.0691. The van der Waals surface area contributed by atoms with E-state index in [1.807, 2.05) is 24.3 Å². The van der Waals surface area contributed by atoms with Gasteiger partial charge in [-0.3, -0.25) is 9.78 Å². The zero-order chi connectivity index (χ0) is 14.1. The number of benzene rings is 1. The second-order valence-electron chi connectivity index (χ2n) is 4.54. The summed E-state index contributed by atoms with van der Waals surface area (Å²) in [5, 5.41) is 9.14. The number of fused-ring (bicyclic) bond motifs is 1. The molecule has 0 radical (unpaired) electrons. The summed E-state index contributed by atoms with van der Waals surface area (Å²) in [6.45, 7) is 0.549. The SMILES string of the molecule is O=C(O)c1cccnc1C(=O)N1CCc2ccccc21. The third kappa shape index (κ3) is 1.93. The highest BCUT2D eigenvalue weighted by Gasteiger charge is 2.28. The van der Waals surface area contributed by atoms with Crippen molar-refractivity contribution in [3.8, 4) is 0 Å². The van der Waals surface area contributed by atoms with Gasteiger partial charge in [-0.2, -0.15) is 0 Å². The minimum absolute atomic E-state index is 0.0169. The molecule has 1 aromatic carbocycles. The minimum Gasteiger partial charge on any atom is -0.478 e. The summed E-state index contributed by atoms with van der Waals surface area (Å²) in [7, 11) is 0. The fourth-order valence-electron chi connectivity index (χ4n) is 2.43. The van der Waals surface area contributed by atoms with Crippen molar-refractivity contribution >= 4 is 17.6 Å². The Morgan fingerprint density at radius 1 is 1.15 bits per heavy atom. The van der Waals surface area contributed by atoms with E-state index in [4.69, 9.17) is 5.11 Å². The van der Waals surface area contributed by atoms with Crippen LogP contribution in [0.2, 0.25) is 0 Å². The quantitative estimate of drug-likeness (QED) is 0.904. The third-order valence-corrected chi connectivity index (χ3v) is 3.37. The van der Waals surface area contributed by atoms with Crippen LogP contribution in [0.5, 0.6) is 0 Å². The fourth-order valence-corrected chi connectivity index (χ4v) is 2.43. The molecule has 0 spiro atoms. The van der Waals surface area contributed by atoms with Gasteiger partial charge in [0.05, 0.1) is 5.56 Å². The monoisotopic (exact) mass is 268 g/mol. The number of aromatic carboxylic acids is 1. The molecule has 1 aliphatic rings. The predicted octanol–water partition coefficient (Wildman–Crippen LogP) is 1.98. The van der Waals surface area contributed by atoms with Crippen molar-refractivity contribution in [3.05, 3.63) is 59.4 Å². The molecule has 2 heterocycles. The van der Waals surface area contributed by atoms with Crippen molar-refractivity contribution in [3.63, 3.8) is 0 Å². The Morgan fingerprint density at radius 3 is 2.75 bits per heavy atom. The van der Waals surface area contributed by atoms with Crippen LogP contribution in [0.15, 0.2) is 42.6 Å². The molecule has 2 aromatic rings. The average molecular weight is 268 g/mol. The van der Waals surface area contributed by atoms with Crippen LogP contribution in [0.3, 0.4) is 0 Å². The van der Waals surface area contributed by atoms with E-state index in [1.165, 1.54) is 18.3 Å². The van der Waals surface area contributed by atoms with E-state index in [2.05, 4.69) is 4.98 Å². The number of carboxylic acids is 1. The first kappa shape index (κ1) is 12.3. The molecular weight excluding hydrogens is 256 g/mol. The first-order valence-corrected chi connectivity index (χ1v) is 6.26. The van der Waals surface area contributed by atoms with Crippen LogP contribution in [0.25, 0.3) is 0 Å². The lowest BCUT2D eigenvalue weighted by atomic mass is 10.1. The zero-order valence-electron chi connectivity index (χ0n) is 10.6. The molecule has 5 nitrogen and oxygen atoms in total. The molecule has 0 saturated heterocycles. The Bertz CT molecular complexity index is 697. The molecule has 0 saturated carbocycles. The molecule has 1 aromatic heterocycles.